The van der Waals surface area contributed by atoms with Crippen LogP contribution in [0.1, 0.15) is 19.3 Å². The summed E-state index contributed by atoms with van der Waals surface area (Å²) in [5.74, 6) is 0.314. The van der Waals surface area contributed by atoms with E-state index in [1.807, 2.05) is 0 Å². The Morgan fingerprint density at radius 1 is 1.27 bits per heavy atom. The molecule has 12 heteroatoms. The van der Waals surface area contributed by atoms with Crippen LogP contribution in [0.3, 0.4) is 0 Å². The Labute approximate surface area is 240 Å². The normalized spacial score (nSPS) is 21.0. The Morgan fingerprint density at radius 2 is 2.15 bits per heavy atom. The van der Waals surface area contributed by atoms with Gasteiger partial charge in [0.05, 0.1) is 29.4 Å². The number of nitrogens with zero attached hydrogens (tertiary/aromatic N) is 3. The molecule has 1 unspecified atom stereocenters. The van der Waals surface area contributed by atoms with Crippen LogP contribution < -0.4 is 15.4 Å². The van der Waals surface area contributed by atoms with E-state index in [-0.39, 0.29) is 23.5 Å². The number of hydrogen-bond acceptors (Lipinski definition) is 9. The zero-order valence-electron chi connectivity index (χ0n) is 22.2. The number of esters is 1. The largest absolute Gasteiger partial charge is 0.491 e. The first-order valence-corrected chi connectivity index (χ1v) is 13.9. The van der Waals surface area contributed by atoms with E-state index in [1.165, 1.54) is 24.5 Å². The predicted molar refractivity (Wildman–Crippen MR) is 151 cm³/mol. The number of hydrogen-bond donors (Lipinski definition) is 2. The van der Waals surface area contributed by atoms with Crippen LogP contribution in [0.15, 0.2) is 48.8 Å². The standard InChI is InChI=1S/C29H29ClFN5O5/c30-21-10-19(5-6-22(21)31)34-28-20-11-24(25(40-13-18-3-4-18)12-23(20)32-17-33-28)35-26(37)2-1-8-36-9-7-29(15-36)16-39-14-27(38)41-29/h1-2,5-6,10-12,17-18H,3-4,7-9,13-16H2,(H,35,37)(H,32,33,34)/b2-1+. The van der Waals surface area contributed by atoms with Gasteiger partial charge in [-0.2, -0.15) is 0 Å². The Kier molecular flexibility index (Phi) is 7.74. The van der Waals surface area contributed by atoms with E-state index in [2.05, 4.69) is 25.5 Å². The van der Waals surface area contributed by atoms with Crippen molar-refractivity contribution in [2.24, 2.45) is 5.92 Å². The molecule has 3 fully saturated rings. The molecule has 6 rings (SSSR count). The molecule has 10 nitrogen and oxygen atoms in total. The van der Waals surface area contributed by atoms with Gasteiger partial charge in [0.1, 0.15) is 35.9 Å². The number of amides is 1. The first kappa shape index (κ1) is 27.4. The maximum atomic E-state index is 13.6. The summed E-state index contributed by atoms with van der Waals surface area (Å²) in [6, 6.07) is 7.84. The topological polar surface area (TPSA) is 115 Å². The lowest BCUT2D eigenvalue weighted by Crippen LogP contribution is -2.47. The van der Waals surface area contributed by atoms with E-state index in [4.69, 9.17) is 25.8 Å². The summed E-state index contributed by atoms with van der Waals surface area (Å²) >= 11 is 5.95. The molecule has 3 heterocycles. The van der Waals surface area contributed by atoms with Crippen LogP contribution in [0, 0.1) is 11.7 Å². The Morgan fingerprint density at radius 3 is 2.95 bits per heavy atom. The number of benzene rings is 2. The van der Waals surface area contributed by atoms with E-state index < -0.39 is 11.4 Å². The van der Waals surface area contributed by atoms with E-state index in [1.54, 1.807) is 24.3 Å². The highest BCUT2D eigenvalue weighted by Gasteiger charge is 2.44. The van der Waals surface area contributed by atoms with Crippen LogP contribution in [0.2, 0.25) is 5.02 Å². The minimum absolute atomic E-state index is 0.00672. The molecule has 1 atom stereocenters. The minimum atomic E-state index is -0.600. The quantitative estimate of drug-likeness (QED) is 0.279. The van der Waals surface area contributed by atoms with Crippen molar-refractivity contribution in [1.29, 1.82) is 0 Å². The van der Waals surface area contributed by atoms with Crippen molar-refractivity contribution in [3.8, 4) is 5.75 Å². The second-order valence-electron chi connectivity index (χ2n) is 10.6. The first-order chi connectivity index (χ1) is 19.9. The molecule has 0 bridgehead atoms. The maximum Gasteiger partial charge on any atom is 0.332 e. The SMILES string of the molecule is O=C(/C=C/CN1CCC2(COCC(=O)O2)C1)Nc1cc2c(Nc3ccc(F)c(Cl)c3)ncnc2cc1OCC1CC1. The molecule has 2 aromatic carbocycles. The molecule has 3 aliphatic rings. The van der Waals surface area contributed by atoms with Crippen molar-refractivity contribution in [3.63, 3.8) is 0 Å². The van der Waals surface area contributed by atoms with Crippen LogP contribution in [0.25, 0.3) is 10.9 Å². The van der Waals surface area contributed by atoms with Crippen molar-refractivity contribution in [1.82, 2.24) is 14.9 Å². The average Bonchev–Trinajstić information content (AvgIpc) is 3.70. The minimum Gasteiger partial charge on any atom is -0.491 e. The molecule has 2 N–H and O–H groups in total. The van der Waals surface area contributed by atoms with Crippen LogP contribution in [-0.2, 0) is 19.1 Å². The number of aromatic nitrogens is 2. The van der Waals surface area contributed by atoms with Crippen LogP contribution in [-0.4, -0.2) is 71.8 Å². The molecular weight excluding hydrogens is 553 g/mol. The van der Waals surface area contributed by atoms with Gasteiger partial charge in [-0.25, -0.2) is 19.2 Å². The highest BCUT2D eigenvalue weighted by atomic mass is 35.5. The summed E-state index contributed by atoms with van der Waals surface area (Å²) in [4.78, 5) is 35.5. The van der Waals surface area contributed by atoms with E-state index in [0.29, 0.717) is 72.5 Å². The van der Waals surface area contributed by atoms with Gasteiger partial charge in [0.2, 0.25) is 5.91 Å². The number of anilines is 3. The molecule has 1 aliphatic carbocycles. The first-order valence-electron chi connectivity index (χ1n) is 13.5. The van der Waals surface area contributed by atoms with E-state index in [9.17, 15) is 14.0 Å². The molecule has 0 radical (unpaired) electrons. The summed E-state index contributed by atoms with van der Waals surface area (Å²) in [5.41, 5.74) is 1.05. The van der Waals surface area contributed by atoms with Gasteiger partial charge in [-0.05, 0) is 43.0 Å². The third-order valence-electron chi connectivity index (χ3n) is 7.29. The number of fused-ring (bicyclic) bond motifs is 1. The van der Waals surface area contributed by atoms with Crippen molar-refractivity contribution in [2.75, 3.05) is 50.1 Å². The summed E-state index contributed by atoms with van der Waals surface area (Å²) in [7, 11) is 0. The van der Waals surface area contributed by atoms with Crippen molar-refractivity contribution in [2.45, 2.75) is 24.9 Å². The number of rotatable bonds is 9. The van der Waals surface area contributed by atoms with Gasteiger partial charge in [0.25, 0.3) is 0 Å². The van der Waals surface area contributed by atoms with Crippen LogP contribution >= 0.6 is 11.6 Å². The molecule has 214 valence electrons. The van der Waals surface area contributed by atoms with Crippen LogP contribution in [0.5, 0.6) is 5.75 Å². The van der Waals surface area contributed by atoms with Gasteiger partial charge in [-0.15, -0.1) is 0 Å². The Hall–Kier alpha value is -3.80. The third kappa shape index (κ3) is 6.58. The fraction of sp³-hybridized carbons (Fsp3) is 0.379. The Balaban J connectivity index is 1.17. The molecular formula is C29H29ClFN5O5. The van der Waals surface area contributed by atoms with Crippen molar-refractivity contribution >= 4 is 51.6 Å². The second kappa shape index (κ2) is 11.6. The molecule has 2 saturated heterocycles. The lowest BCUT2D eigenvalue weighted by molar-refractivity contribution is -0.187. The van der Waals surface area contributed by atoms with Gasteiger partial charge >= 0.3 is 5.97 Å². The smallest absolute Gasteiger partial charge is 0.332 e. The third-order valence-corrected chi connectivity index (χ3v) is 7.58. The van der Waals surface area contributed by atoms with Gasteiger partial charge < -0.3 is 24.8 Å². The molecule has 3 aromatic rings. The number of likely N-dealkylation sites (tertiary alicyclic amines) is 1. The summed E-state index contributed by atoms with van der Waals surface area (Å²) in [6.45, 7) is 2.76. The van der Waals surface area contributed by atoms with Crippen molar-refractivity contribution < 1.29 is 28.2 Å². The molecule has 1 aromatic heterocycles. The zero-order chi connectivity index (χ0) is 28.4. The lowest BCUT2D eigenvalue weighted by Gasteiger charge is -2.32. The number of carbonyl (C=O) groups excluding carboxylic acids is 2. The number of nitrogens with one attached hydrogen (secondary N) is 2. The van der Waals surface area contributed by atoms with Crippen molar-refractivity contribution in [3.05, 3.63) is 59.7 Å². The van der Waals surface area contributed by atoms with Gasteiger partial charge in [-0.1, -0.05) is 17.7 Å². The molecule has 2 aliphatic heterocycles. The Bertz CT molecular complexity index is 1520. The molecule has 1 spiro atoms. The summed E-state index contributed by atoms with van der Waals surface area (Å²) in [6.07, 6.45) is 7.62. The number of ether oxygens (including phenoxy) is 3. The average molecular weight is 582 g/mol. The maximum absolute atomic E-state index is 13.6. The number of carbonyl (C=O) groups is 2. The molecule has 41 heavy (non-hydrogen) atoms. The summed E-state index contributed by atoms with van der Waals surface area (Å²) in [5, 5.41) is 6.71. The predicted octanol–water partition coefficient (Wildman–Crippen LogP) is 4.47. The summed E-state index contributed by atoms with van der Waals surface area (Å²) < 4.78 is 30.7. The fourth-order valence-electron chi connectivity index (χ4n) is 4.99. The highest BCUT2D eigenvalue weighted by Crippen LogP contribution is 2.36. The van der Waals surface area contributed by atoms with Gasteiger partial charge in [0.15, 0.2) is 0 Å². The molecule has 1 saturated carbocycles. The highest BCUT2D eigenvalue weighted by molar-refractivity contribution is 6.31. The van der Waals surface area contributed by atoms with E-state index in [0.717, 1.165) is 19.4 Å². The van der Waals surface area contributed by atoms with Gasteiger partial charge in [0, 0.05) is 49.3 Å². The zero-order valence-corrected chi connectivity index (χ0v) is 23.0. The van der Waals surface area contributed by atoms with Gasteiger partial charge in [-0.3, -0.25) is 9.69 Å². The van der Waals surface area contributed by atoms with E-state index >= 15 is 0 Å². The molecule has 1 amide bonds. The lowest BCUT2D eigenvalue weighted by atomic mass is 10.0. The monoisotopic (exact) mass is 581 g/mol. The number of halogens is 2. The fourth-order valence-corrected chi connectivity index (χ4v) is 5.17. The second-order valence-corrected chi connectivity index (χ2v) is 11.0. The van der Waals surface area contributed by atoms with Crippen LogP contribution in [0.4, 0.5) is 21.6 Å².